The molecule has 1 aromatic carbocycles. The third kappa shape index (κ3) is 3.30. The molecule has 0 bridgehead atoms. The number of hydrogen-bond acceptors (Lipinski definition) is 2. The van der Waals surface area contributed by atoms with E-state index in [4.69, 9.17) is 23.2 Å². The molecule has 2 rings (SSSR count). The molecule has 0 radical (unpaired) electrons. The van der Waals surface area contributed by atoms with Gasteiger partial charge in [-0.15, -0.1) is 0 Å². The van der Waals surface area contributed by atoms with E-state index in [1.54, 1.807) is 0 Å². The van der Waals surface area contributed by atoms with E-state index >= 15 is 0 Å². The second-order valence-electron chi connectivity index (χ2n) is 4.36. The van der Waals surface area contributed by atoms with Crippen LogP contribution in [-0.4, -0.2) is 9.78 Å². The average molecular weight is 377 g/mol. The summed E-state index contributed by atoms with van der Waals surface area (Å²) < 4.78 is 2.81. The first-order valence-corrected chi connectivity index (χ1v) is 8.04. The lowest BCUT2D eigenvalue weighted by atomic mass is 10.2. The Morgan fingerprint density at radius 3 is 2.65 bits per heavy atom. The number of benzene rings is 1. The first-order valence-electron chi connectivity index (χ1n) is 6.49. The van der Waals surface area contributed by atoms with Crippen LogP contribution in [0.1, 0.15) is 25.2 Å². The van der Waals surface area contributed by atoms with Crippen molar-refractivity contribution in [3.05, 3.63) is 44.1 Å². The normalized spacial score (nSPS) is 10.8. The Morgan fingerprint density at radius 2 is 2.05 bits per heavy atom. The highest BCUT2D eigenvalue weighted by molar-refractivity contribution is 9.10. The number of nitrogens with zero attached hydrogens (tertiary/aromatic N) is 2. The summed E-state index contributed by atoms with van der Waals surface area (Å²) >= 11 is 15.8. The molecule has 0 saturated heterocycles. The number of aromatic nitrogens is 2. The van der Waals surface area contributed by atoms with E-state index in [9.17, 15) is 0 Å². The van der Waals surface area contributed by atoms with Gasteiger partial charge >= 0.3 is 0 Å². The zero-order valence-corrected chi connectivity index (χ0v) is 14.5. The van der Waals surface area contributed by atoms with Crippen molar-refractivity contribution in [1.82, 2.24) is 9.78 Å². The highest BCUT2D eigenvalue weighted by Gasteiger charge is 2.13. The van der Waals surface area contributed by atoms with Crippen LogP contribution in [0.15, 0.2) is 22.7 Å². The van der Waals surface area contributed by atoms with Crippen molar-refractivity contribution < 1.29 is 0 Å². The van der Waals surface area contributed by atoms with Crippen molar-refractivity contribution >= 4 is 44.8 Å². The molecule has 0 amide bonds. The summed E-state index contributed by atoms with van der Waals surface area (Å²) in [5.41, 5.74) is 2.94. The Balaban J connectivity index is 2.17. The van der Waals surface area contributed by atoms with Gasteiger partial charge in [0, 0.05) is 16.7 Å². The molecule has 0 aliphatic heterocycles. The molecule has 108 valence electrons. The molecule has 0 aliphatic carbocycles. The molecule has 0 saturated carbocycles. The van der Waals surface area contributed by atoms with Crippen molar-refractivity contribution in [2.45, 2.75) is 33.4 Å². The van der Waals surface area contributed by atoms with Gasteiger partial charge in [0.2, 0.25) is 0 Å². The van der Waals surface area contributed by atoms with Crippen LogP contribution in [0.5, 0.6) is 0 Å². The van der Waals surface area contributed by atoms with Gasteiger partial charge in [-0.25, -0.2) is 0 Å². The van der Waals surface area contributed by atoms with E-state index in [0.717, 1.165) is 39.5 Å². The summed E-state index contributed by atoms with van der Waals surface area (Å²) in [7, 11) is 0. The minimum Gasteiger partial charge on any atom is -0.379 e. The zero-order chi connectivity index (χ0) is 14.7. The second kappa shape index (κ2) is 6.83. The summed E-state index contributed by atoms with van der Waals surface area (Å²) in [4.78, 5) is 0. The lowest BCUT2D eigenvalue weighted by molar-refractivity contribution is 0.619. The fourth-order valence-electron chi connectivity index (χ4n) is 1.98. The second-order valence-corrected chi connectivity index (χ2v) is 6.00. The molecule has 1 N–H and O–H groups in total. The number of rotatable bonds is 5. The topological polar surface area (TPSA) is 29.9 Å². The van der Waals surface area contributed by atoms with Gasteiger partial charge in [-0.1, -0.05) is 30.1 Å². The van der Waals surface area contributed by atoms with Crippen LogP contribution >= 0.6 is 39.1 Å². The third-order valence-electron chi connectivity index (χ3n) is 3.07. The average Bonchev–Trinajstić information content (AvgIpc) is 2.76. The number of aryl methyl sites for hydroxylation is 2. The molecule has 6 heteroatoms. The Hall–Kier alpha value is -0.710. The first-order chi connectivity index (χ1) is 9.56. The molecule has 0 atom stereocenters. The number of anilines is 1. The van der Waals surface area contributed by atoms with Gasteiger partial charge < -0.3 is 5.32 Å². The summed E-state index contributed by atoms with van der Waals surface area (Å²) in [5, 5.41) is 9.31. The summed E-state index contributed by atoms with van der Waals surface area (Å²) in [6, 6.07) is 5.74. The van der Waals surface area contributed by atoms with E-state index in [0.29, 0.717) is 11.6 Å². The standard InChI is InChI=1S/C14H16BrCl2N3/c1-3-12-14(17)13(20(4-2)19-12)8-18-9-5-6-11(16)10(15)7-9/h5-7,18H,3-4,8H2,1-2H3. The van der Waals surface area contributed by atoms with Crippen molar-refractivity contribution in [3.8, 4) is 0 Å². The number of halogens is 3. The monoisotopic (exact) mass is 375 g/mol. The molecule has 2 aromatic rings. The van der Waals surface area contributed by atoms with E-state index in [1.807, 2.05) is 22.9 Å². The zero-order valence-electron chi connectivity index (χ0n) is 11.4. The first kappa shape index (κ1) is 15.7. The van der Waals surface area contributed by atoms with Gasteiger partial charge in [0.25, 0.3) is 0 Å². The smallest absolute Gasteiger partial charge is 0.0868 e. The lowest BCUT2D eigenvalue weighted by Crippen LogP contribution is -2.08. The SMILES string of the molecule is CCc1nn(CC)c(CNc2ccc(Cl)c(Br)c2)c1Cl. The van der Waals surface area contributed by atoms with Gasteiger partial charge in [0.15, 0.2) is 0 Å². The quantitative estimate of drug-likeness (QED) is 0.782. The van der Waals surface area contributed by atoms with Crippen LogP contribution in [0.3, 0.4) is 0 Å². The fraction of sp³-hybridized carbons (Fsp3) is 0.357. The molecule has 1 heterocycles. The van der Waals surface area contributed by atoms with Crippen LogP contribution in [0, 0.1) is 0 Å². The van der Waals surface area contributed by atoms with Crippen molar-refractivity contribution in [3.63, 3.8) is 0 Å². The predicted molar refractivity (Wildman–Crippen MR) is 88.8 cm³/mol. The highest BCUT2D eigenvalue weighted by Crippen LogP contribution is 2.27. The summed E-state index contributed by atoms with van der Waals surface area (Å²) in [5.74, 6) is 0. The maximum Gasteiger partial charge on any atom is 0.0868 e. The van der Waals surface area contributed by atoms with Crippen LogP contribution in [0.25, 0.3) is 0 Å². The van der Waals surface area contributed by atoms with E-state index in [-0.39, 0.29) is 0 Å². The molecule has 0 aliphatic rings. The fourth-order valence-corrected chi connectivity index (χ4v) is 2.81. The lowest BCUT2D eigenvalue weighted by Gasteiger charge is -2.09. The van der Waals surface area contributed by atoms with Gasteiger partial charge in [-0.05, 0) is 47.5 Å². The molecule has 0 fully saturated rings. The Labute approximate surface area is 137 Å². The maximum atomic E-state index is 6.38. The van der Waals surface area contributed by atoms with Crippen molar-refractivity contribution in [1.29, 1.82) is 0 Å². The predicted octanol–water partition coefficient (Wildman–Crippen LogP) is 5.15. The van der Waals surface area contributed by atoms with E-state index in [2.05, 4.69) is 40.2 Å². The Morgan fingerprint density at radius 1 is 1.30 bits per heavy atom. The molecular formula is C14H16BrCl2N3. The molecule has 1 aromatic heterocycles. The van der Waals surface area contributed by atoms with Gasteiger partial charge in [0.1, 0.15) is 0 Å². The van der Waals surface area contributed by atoms with Crippen molar-refractivity contribution in [2.75, 3.05) is 5.32 Å². The minimum absolute atomic E-state index is 0.633. The molecule has 0 unspecified atom stereocenters. The van der Waals surface area contributed by atoms with Gasteiger partial charge in [-0.3, -0.25) is 4.68 Å². The summed E-state index contributed by atoms with van der Waals surface area (Å²) in [6.45, 7) is 5.56. The van der Waals surface area contributed by atoms with Crippen LogP contribution in [0.4, 0.5) is 5.69 Å². The van der Waals surface area contributed by atoms with Gasteiger partial charge in [0.05, 0.1) is 28.0 Å². The summed E-state index contributed by atoms with van der Waals surface area (Å²) in [6.07, 6.45) is 0.839. The van der Waals surface area contributed by atoms with E-state index < -0.39 is 0 Å². The largest absolute Gasteiger partial charge is 0.379 e. The van der Waals surface area contributed by atoms with Crippen molar-refractivity contribution in [2.24, 2.45) is 0 Å². The Bertz CT molecular complexity index is 611. The highest BCUT2D eigenvalue weighted by atomic mass is 79.9. The molecule has 3 nitrogen and oxygen atoms in total. The van der Waals surface area contributed by atoms with E-state index in [1.165, 1.54) is 0 Å². The maximum absolute atomic E-state index is 6.38. The number of hydrogen-bond donors (Lipinski definition) is 1. The molecule has 0 spiro atoms. The number of nitrogens with one attached hydrogen (secondary N) is 1. The van der Waals surface area contributed by atoms with Crippen LogP contribution in [0.2, 0.25) is 10.0 Å². The Kier molecular flexibility index (Phi) is 5.35. The van der Waals surface area contributed by atoms with Crippen LogP contribution < -0.4 is 5.32 Å². The minimum atomic E-state index is 0.633. The molecular weight excluding hydrogens is 361 g/mol. The third-order valence-corrected chi connectivity index (χ3v) is 4.72. The molecule has 20 heavy (non-hydrogen) atoms. The van der Waals surface area contributed by atoms with Gasteiger partial charge in [-0.2, -0.15) is 5.10 Å². The van der Waals surface area contributed by atoms with Crippen LogP contribution in [-0.2, 0) is 19.5 Å².